The lowest BCUT2D eigenvalue weighted by Gasteiger charge is -2.32. The minimum atomic E-state index is -1.18. The summed E-state index contributed by atoms with van der Waals surface area (Å²) in [6.45, 7) is -0.168. The zero-order valence-corrected chi connectivity index (χ0v) is 19.1. The summed E-state index contributed by atoms with van der Waals surface area (Å²) in [7, 11) is 0. The Bertz CT molecular complexity index is 1310. The summed E-state index contributed by atoms with van der Waals surface area (Å²) in [6.07, 6.45) is 5.30. The lowest BCUT2D eigenvalue weighted by Crippen LogP contribution is -2.47. The van der Waals surface area contributed by atoms with E-state index in [-0.39, 0.29) is 24.7 Å². The largest absolute Gasteiger partial charge is 0.467 e. The fourth-order valence-electron chi connectivity index (χ4n) is 4.64. The first-order valence-electron chi connectivity index (χ1n) is 11.7. The second kappa shape index (κ2) is 10.1. The molecule has 0 spiro atoms. The van der Waals surface area contributed by atoms with Crippen LogP contribution in [0.2, 0.25) is 0 Å². The number of hydrogen-bond acceptors (Lipinski definition) is 5. The quantitative estimate of drug-likeness (QED) is 0.416. The van der Waals surface area contributed by atoms with Crippen molar-refractivity contribution in [2.24, 2.45) is 0 Å². The van der Waals surface area contributed by atoms with E-state index >= 15 is 4.39 Å². The number of para-hydroxylation sites is 1. The van der Waals surface area contributed by atoms with Crippen LogP contribution in [0.25, 0.3) is 11.0 Å². The molecule has 35 heavy (non-hydrogen) atoms. The Morgan fingerprint density at radius 1 is 1.09 bits per heavy atom. The summed E-state index contributed by atoms with van der Waals surface area (Å²) in [5, 5.41) is 11.3. The molecule has 9 heteroatoms. The average molecular weight is 476 g/mol. The van der Waals surface area contributed by atoms with Crippen LogP contribution in [-0.2, 0) is 22.7 Å². The summed E-state index contributed by atoms with van der Waals surface area (Å²) in [5.41, 5.74) is 1.48. The molecule has 1 unspecified atom stereocenters. The van der Waals surface area contributed by atoms with Crippen molar-refractivity contribution in [1.82, 2.24) is 25.2 Å². The summed E-state index contributed by atoms with van der Waals surface area (Å²) in [6, 6.07) is 15.6. The third-order valence-corrected chi connectivity index (χ3v) is 6.39. The molecule has 2 heterocycles. The summed E-state index contributed by atoms with van der Waals surface area (Å²) < 4.78 is 22.0. The first kappa shape index (κ1) is 22.8. The molecule has 2 aromatic carbocycles. The molecule has 1 N–H and O–H groups in total. The molecule has 1 aliphatic rings. The predicted molar refractivity (Wildman–Crippen MR) is 126 cm³/mol. The van der Waals surface area contributed by atoms with Gasteiger partial charge in [-0.1, -0.05) is 48.4 Å². The van der Waals surface area contributed by atoms with Crippen molar-refractivity contribution in [3.8, 4) is 0 Å². The number of carbonyl (C=O) groups excluding carboxylic acids is 2. The van der Waals surface area contributed by atoms with E-state index in [0.29, 0.717) is 16.8 Å². The maximum absolute atomic E-state index is 15.0. The third-order valence-electron chi connectivity index (χ3n) is 6.39. The van der Waals surface area contributed by atoms with Crippen molar-refractivity contribution < 1.29 is 18.4 Å². The Kier molecular flexibility index (Phi) is 6.56. The van der Waals surface area contributed by atoms with Crippen molar-refractivity contribution >= 4 is 22.8 Å². The van der Waals surface area contributed by atoms with Crippen LogP contribution in [0.5, 0.6) is 0 Å². The van der Waals surface area contributed by atoms with Crippen LogP contribution in [0.3, 0.4) is 0 Å². The van der Waals surface area contributed by atoms with Crippen LogP contribution in [0.15, 0.2) is 71.3 Å². The van der Waals surface area contributed by atoms with Crippen LogP contribution >= 0.6 is 0 Å². The van der Waals surface area contributed by atoms with E-state index in [4.69, 9.17) is 4.42 Å². The van der Waals surface area contributed by atoms with Gasteiger partial charge in [0.25, 0.3) is 0 Å². The number of aromatic nitrogens is 3. The van der Waals surface area contributed by atoms with E-state index in [2.05, 4.69) is 15.6 Å². The molecular formula is C26H26FN5O3. The van der Waals surface area contributed by atoms with Gasteiger partial charge in [-0.25, -0.2) is 9.07 Å². The second-order valence-electron chi connectivity index (χ2n) is 8.75. The molecule has 0 radical (unpaired) electrons. The van der Waals surface area contributed by atoms with Crippen LogP contribution in [-0.4, -0.2) is 37.7 Å². The van der Waals surface area contributed by atoms with Gasteiger partial charge in [-0.3, -0.25) is 9.59 Å². The Morgan fingerprint density at radius 2 is 1.86 bits per heavy atom. The highest BCUT2D eigenvalue weighted by atomic mass is 19.1. The maximum Gasteiger partial charge on any atom is 0.247 e. The molecule has 2 amide bonds. The molecule has 1 aliphatic carbocycles. The number of nitrogens with one attached hydrogen (secondary N) is 1. The van der Waals surface area contributed by atoms with Gasteiger partial charge in [0.2, 0.25) is 11.8 Å². The number of fused-ring (bicyclic) bond motifs is 1. The van der Waals surface area contributed by atoms with Gasteiger partial charge in [-0.2, -0.15) is 0 Å². The standard InChI is InChI=1S/C26H26FN5O3/c27-21-12-4-3-11-20(21)25(26(34)28-18-8-1-2-9-18)31(16-19-10-7-15-35-19)24(33)17-32-23-14-6-5-13-22(23)29-30-32/h3-7,10-15,18,25H,1-2,8-9,16-17H2,(H,28,34). The third kappa shape index (κ3) is 4.94. The molecule has 1 saturated carbocycles. The zero-order valence-electron chi connectivity index (χ0n) is 19.1. The van der Waals surface area contributed by atoms with Gasteiger partial charge >= 0.3 is 0 Å². The monoisotopic (exact) mass is 475 g/mol. The second-order valence-corrected chi connectivity index (χ2v) is 8.75. The van der Waals surface area contributed by atoms with E-state index < -0.39 is 23.7 Å². The van der Waals surface area contributed by atoms with Crippen LogP contribution in [0.4, 0.5) is 4.39 Å². The van der Waals surface area contributed by atoms with E-state index in [1.54, 1.807) is 36.4 Å². The van der Waals surface area contributed by atoms with E-state index in [1.807, 2.05) is 18.2 Å². The van der Waals surface area contributed by atoms with Crippen molar-refractivity contribution in [1.29, 1.82) is 0 Å². The molecule has 4 aromatic rings. The smallest absolute Gasteiger partial charge is 0.247 e. The Morgan fingerprint density at radius 3 is 2.63 bits per heavy atom. The summed E-state index contributed by atoms with van der Waals surface area (Å²) in [4.78, 5) is 28.7. The van der Waals surface area contributed by atoms with E-state index in [1.165, 1.54) is 21.9 Å². The highest BCUT2D eigenvalue weighted by Gasteiger charge is 2.35. The van der Waals surface area contributed by atoms with Crippen LogP contribution in [0.1, 0.15) is 43.0 Å². The van der Waals surface area contributed by atoms with Crippen molar-refractivity contribution in [2.75, 3.05) is 0 Å². The fourth-order valence-corrected chi connectivity index (χ4v) is 4.64. The molecule has 0 bridgehead atoms. The Balaban J connectivity index is 1.52. The van der Waals surface area contributed by atoms with Gasteiger partial charge in [-0.15, -0.1) is 5.10 Å². The number of rotatable bonds is 8. The Labute approximate surface area is 201 Å². The topological polar surface area (TPSA) is 93.3 Å². The Hall–Kier alpha value is -4.01. The van der Waals surface area contributed by atoms with Gasteiger partial charge in [0.15, 0.2) is 0 Å². The molecule has 0 saturated heterocycles. The molecule has 180 valence electrons. The van der Waals surface area contributed by atoms with Crippen molar-refractivity contribution in [3.05, 3.63) is 84.1 Å². The minimum Gasteiger partial charge on any atom is -0.467 e. The van der Waals surface area contributed by atoms with Gasteiger partial charge in [-0.05, 0) is 43.2 Å². The SMILES string of the molecule is O=C(NC1CCCC1)C(c1ccccc1F)N(Cc1ccco1)C(=O)Cn1nnc2ccccc21. The number of amides is 2. The predicted octanol–water partition coefficient (Wildman–Crippen LogP) is 3.99. The minimum absolute atomic E-state index is 0.00441. The van der Waals surface area contributed by atoms with Gasteiger partial charge in [0, 0.05) is 11.6 Å². The maximum atomic E-state index is 15.0. The fraction of sp³-hybridized carbons (Fsp3) is 0.308. The van der Waals surface area contributed by atoms with E-state index in [9.17, 15) is 9.59 Å². The number of furan rings is 1. The highest BCUT2D eigenvalue weighted by Crippen LogP contribution is 2.28. The van der Waals surface area contributed by atoms with Crippen LogP contribution < -0.4 is 5.32 Å². The molecule has 2 aromatic heterocycles. The molecular weight excluding hydrogens is 449 g/mol. The van der Waals surface area contributed by atoms with Crippen LogP contribution in [0, 0.1) is 5.82 Å². The first-order valence-corrected chi connectivity index (χ1v) is 11.7. The van der Waals surface area contributed by atoms with Crippen molar-refractivity contribution in [2.45, 2.75) is 50.9 Å². The average Bonchev–Trinajstić information content (AvgIpc) is 3.63. The summed E-state index contributed by atoms with van der Waals surface area (Å²) in [5.74, 6) is -0.892. The number of halogens is 1. The van der Waals surface area contributed by atoms with Gasteiger partial charge in [0.1, 0.15) is 29.7 Å². The zero-order chi connectivity index (χ0) is 24.2. The van der Waals surface area contributed by atoms with Gasteiger partial charge < -0.3 is 14.6 Å². The number of hydrogen-bond donors (Lipinski definition) is 1. The summed E-state index contributed by atoms with van der Waals surface area (Å²) >= 11 is 0. The molecule has 0 aliphatic heterocycles. The molecule has 1 fully saturated rings. The first-order chi connectivity index (χ1) is 17.1. The molecule has 5 rings (SSSR count). The lowest BCUT2D eigenvalue weighted by molar-refractivity contribution is -0.142. The van der Waals surface area contributed by atoms with Gasteiger partial charge in [0.05, 0.1) is 18.3 Å². The number of nitrogens with zero attached hydrogens (tertiary/aromatic N) is 4. The lowest BCUT2D eigenvalue weighted by atomic mass is 10.0. The normalized spacial score (nSPS) is 14.8. The number of carbonyl (C=O) groups is 2. The molecule has 1 atom stereocenters. The number of benzene rings is 2. The molecule has 8 nitrogen and oxygen atoms in total. The van der Waals surface area contributed by atoms with E-state index in [0.717, 1.165) is 25.7 Å². The highest BCUT2D eigenvalue weighted by molar-refractivity contribution is 5.89. The van der Waals surface area contributed by atoms with Crippen molar-refractivity contribution in [3.63, 3.8) is 0 Å².